The Labute approximate surface area is 244 Å². The van der Waals surface area contributed by atoms with E-state index in [1.807, 2.05) is 12.1 Å². The Morgan fingerprint density at radius 2 is 1.82 bits per heavy atom. The average Bonchev–Trinajstić information content (AvgIpc) is 2.98. The zero-order valence-corrected chi connectivity index (χ0v) is 23.8. The lowest BCUT2D eigenvalue weighted by Crippen LogP contribution is -2.52. The fourth-order valence-electron chi connectivity index (χ4n) is 4.80. The van der Waals surface area contributed by atoms with E-state index in [1.165, 1.54) is 10.8 Å². The SMILES string of the molecule is Cn1cc(C(=O)N2CCN(C(=O)c3ccc(Br)cn3)[C@@H](c3ccc(Cl)cc3)C2)cc(-c2cccc(C#N)c2)c1=O. The topological polar surface area (TPSA) is 99.3 Å². The number of carbonyl (C=O) groups excluding carboxylic acids is 2. The Balaban J connectivity index is 1.48. The van der Waals surface area contributed by atoms with Crippen molar-refractivity contribution in [1.29, 1.82) is 5.26 Å². The molecule has 2 amide bonds. The number of piperazine rings is 1. The molecule has 0 radical (unpaired) electrons. The van der Waals surface area contributed by atoms with Gasteiger partial charge >= 0.3 is 0 Å². The van der Waals surface area contributed by atoms with Gasteiger partial charge in [0.05, 0.1) is 23.2 Å². The fourth-order valence-corrected chi connectivity index (χ4v) is 5.17. The molecule has 0 bridgehead atoms. The van der Waals surface area contributed by atoms with Crippen LogP contribution in [0.15, 0.2) is 88.4 Å². The summed E-state index contributed by atoms with van der Waals surface area (Å²) in [4.78, 5) is 47.9. The van der Waals surface area contributed by atoms with Crippen LogP contribution in [0.5, 0.6) is 0 Å². The second-order valence-electron chi connectivity index (χ2n) is 9.43. The van der Waals surface area contributed by atoms with Crippen LogP contribution in [0.1, 0.15) is 38.0 Å². The van der Waals surface area contributed by atoms with E-state index in [1.54, 1.807) is 77.6 Å². The Bertz CT molecular complexity index is 1700. The number of carbonyl (C=O) groups is 2. The van der Waals surface area contributed by atoms with E-state index in [2.05, 4.69) is 27.0 Å². The number of hydrogen-bond donors (Lipinski definition) is 0. The third-order valence-electron chi connectivity index (χ3n) is 6.86. The van der Waals surface area contributed by atoms with E-state index in [4.69, 9.17) is 11.6 Å². The lowest BCUT2D eigenvalue weighted by Gasteiger charge is -2.41. The number of aryl methyl sites for hydroxylation is 1. The summed E-state index contributed by atoms with van der Waals surface area (Å²) in [5.74, 6) is -0.498. The molecule has 1 saturated heterocycles. The molecule has 3 heterocycles. The van der Waals surface area contributed by atoms with Gasteiger partial charge in [-0.3, -0.25) is 14.4 Å². The molecule has 0 unspecified atom stereocenters. The first kappa shape index (κ1) is 27.3. The van der Waals surface area contributed by atoms with Gasteiger partial charge < -0.3 is 14.4 Å². The summed E-state index contributed by atoms with van der Waals surface area (Å²) >= 11 is 9.48. The van der Waals surface area contributed by atoms with Gasteiger partial charge in [0.25, 0.3) is 17.4 Å². The van der Waals surface area contributed by atoms with Crippen molar-refractivity contribution in [1.82, 2.24) is 19.4 Å². The molecule has 4 aromatic rings. The minimum Gasteiger partial charge on any atom is -0.334 e. The van der Waals surface area contributed by atoms with E-state index in [-0.39, 0.29) is 23.9 Å². The number of amides is 2. The van der Waals surface area contributed by atoms with Crippen LogP contribution in [-0.4, -0.2) is 50.8 Å². The van der Waals surface area contributed by atoms with E-state index >= 15 is 0 Å². The zero-order chi connectivity index (χ0) is 28.4. The molecule has 8 nitrogen and oxygen atoms in total. The van der Waals surface area contributed by atoms with Crippen LogP contribution >= 0.6 is 27.5 Å². The third-order valence-corrected chi connectivity index (χ3v) is 7.58. The highest BCUT2D eigenvalue weighted by Crippen LogP contribution is 2.29. The number of rotatable bonds is 4. The van der Waals surface area contributed by atoms with Gasteiger partial charge in [0.15, 0.2) is 0 Å². The standard InChI is InChI=1S/C30H23BrClN5O3/c1-35-17-22(14-25(29(35)39)21-4-2-3-19(13-21)15-33)28(38)36-11-12-37(30(40)26-10-7-23(31)16-34-26)27(18-36)20-5-8-24(32)9-6-20/h2-10,13-14,16-17,27H,11-12,18H2,1H3/t27-/m1/s1. The molecule has 5 rings (SSSR count). The van der Waals surface area contributed by atoms with Crippen LogP contribution in [0.4, 0.5) is 0 Å². The molecule has 0 N–H and O–H groups in total. The van der Waals surface area contributed by atoms with E-state index in [0.717, 1.165) is 10.0 Å². The first-order valence-corrected chi connectivity index (χ1v) is 13.6. The van der Waals surface area contributed by atoms with E-state index in [9.17, 15) is 19.6 Å². The van der Waals surface area contributed by atoms with Gasteiger partial charge in [0.1, 0.15) is 5.69 Å². The fraction of sp³-hybridized carbons (Fsp3) is 0.167. The number of halogens is 2. The van der Waals surface area contributed by atoms with Crippen LogP contribution in [-0.2, 0) is 7.05 Å². The van der Waals surface area contributed by atoms with Gasteiger partial charge in [-0.25, -0.2) is 4.98 Å². The Kier molecular flexibility index (Phi) is 7.83. The highest BCUT2D eigenvalue weighted by atomic mass is 79.9. The quantitative estimate of drug-likeness (QED) is 0.319. The molecule has 40 heavy (non-hydrogen) atoms. The molecule has 200 valence electrons. The van der Waals surface area contributed by atoms with Gasteiger partial charge in [-0.2, -0.15) is 5.26 Å². The highest BCUT2D eigenvalue weighted by molar-refractivity contribution is 9.10. The van der Waals surface area contributed by atoms with Crippen molar-refractivity contribution >= 4 is 39.3 Å². The predicted molar refractivity (Wildman–Crippen MR) is 155 cm³/mol. The van der Waals surface area contributed by atoms with Crippen LogP contribution in [0.3, 0.4) is 0 Å². The first-order chi connectivity index (χ1) is 19.2. The molecule has 2 aromatic heterocycles. The largest absolute Gasteiger partial charge is 0.334 e. The zero-order valence-electron chi connectivity index (χ0n) is 21.4. The number of nitrogens with zero attached hydrogens (tertiary/aromatic N) is 5. The molecule has 0 spiro atoms. The van der Waals surface area contributed by atoms with Crippen molar-refractivity contribution in [3.05, 3.63) is 121 Å². The summed E-state index contributed by atoms with van der Waals surface area (Å²) in [7, 11) is 1.59. The second-order valence-corrected chi connectivity index (χ2v) is 10.8. The van der Waals surface area contributed by atoms with E-state index < -0.39 is 6.04 Å². The van der Waals surface area contributed by atoms with Crippen molar-refractivity contribution < 1.29 is 9.59 Å². The predicted octanol–water partition coefficient (Wildman–Crippen LogP) is 5.07. The van der Waals surface area contributed by atoms with Crippen molar-refractivity contribution in [3.63, 3.8) is 0 Å². The van der Waals surface area contributed by atoms with Crippen molar-refractivity contribution in [2.75, 3.05) is 19.6 Å². The van der Waals surface area contributed by atoms with Crippen molar-refractivity contribution in [2.24, 2.45) is 7.05 Å². The van der Waals surface area contributed by atoms with Crippen molar-refractivity contribution in [3.8, 4) is 17.2 Å². The molecule has 1 fully saturated rings. The van der Waals surface area contributed by atoms with Gasteiger partial charge in [-0.15, -0.1) is 0 Å². The number of pyridine rings is 2. The van der Waals surface area contributed by atoms with Crippen LogP contribution in [0, 0.1) is 11.3 Å². The highest BCUT2D eigenvalue weighted by Gasteiger charge is 2.35. The van der Waals surface area contributed by atoms with Crippen LogP contribution in [0.25, 0.3) is 11.1 Å². The summed E-state index contributed by atoms with van der Waals surface area (Å²) in [6.45, 7) is 0.830. The number of aromatic nitrogens is 2. The monoisotopic (exact) mass is 615 g/mol. The van der Waals surface area contributed by atoms with Crippen LogP contribution < -0.4 is 5.56 Å². The summed E-state index contributed by atoms with van der Waals surface area (Å²) in [6.07, 6.45) is 3.09. The maximum absolute atomic E-state index is 13.8. The van der Waals surface area contributed by atoms with Gasteiger partial charge in [0.2, 0.25) is 0 Å². The Morgan fingerprint density at radius 1 is 1.05 bits per heavy atom. The Morgan fingerprint density at radius 3 is 2.52 bits per heavy atom. The lowest BCUT2D eigenvalue weighted by atomic mass is 10.00. The number of benzene rings is 2. The molecule has 0 aliphatic carbocycles. The molecule has 10 heteroatoms. The summed E-state index contributed by atoms with van der Waals surface area (Å²) in [5.41, 5.74) is 2.52. The number of nitriles is 1. The lowest BCUT2D eigenvalue weighted by molar-refractivity contribution is 0.0379. The Hall–Kier alpha value is -4.26. The molecule has 1 aliphatic heterocycles. The second kappa shape index (κ2) is 11.5. The molecular formula is C30H23BrClN5O3. The number of hydrogen-bond acceptors (Lipinski definition) is 5. The van der Waals surface area contributed by atoms with Crippen LogP contribution in [0.2, 0.25) is 5.02 Å². The minimum absolute atomic E-state index is 0.235. The summed E-state index contributed by atoms with van der Waals surface area (Å²) in [6, 6.07) is 20.6. The smallest absolute Gasteiger partial charge is 0.273 e. The molecule has 0 saturated carbocycles. The molecule has 1 atom stereocenters. The maximum atomic E-state index is 13.8. The van der Waals surface area contributed by atoms with E-state index in [0.29, 0.717) is 46.1 Å². The van der Waals surface area contributed by atoms with Gasteiger partial charge in [-0.05, 0) is 69.5 Å². The molecule has 2 aromatic carbocycles. The van der Waals surface area contributed by atoms with Gasteiger partial charge in [-0.1, -0.05) is 35.9 Å². The first-order valence-electron chi connectivity index (χ1n) is 12.4. The van der Waals surface area contributed by atoms with Gasteiger partial charge in [0, 0.05) is 54.1 Å². The molecule has 1 aliphatic rings. The molecular weight excluding hydrogens is 594 g/mol. The van der Waals surface area contributed by atoms with Crippen molar-refractivity contribution in [2.45, 2.75) is 6.04 Å². The summed E-state index contributed by atoms with van der Waals surface area (Å²) < 4.78 is 2.14. The third kappa shape index (κ3) is 5.55. The normalized spacial score (nSPS) is 15.0. The average molecular weight is 617 g/mol. The minimum atomic E-state index is -0.438. The summed E-state index contributed by atoms with van der Waals surface area (Å²) in [5, 5.41) is 9.86. The maximum Gasteiger partial charge on any atom is 0.273 e.